The summed E-state index contributed by atoms with van der Waals surface area (Å²) in [5.74, 6) is -0.687. The lowest BCUT2D eigenvalue weighted by Crippen LogP contribution is -2.23. The summed E-state index contributed by atoms with van der Waals surface area (Å²) in [6, 6.07) is 7.48. The van der Waals surface area contributed by atoms with E-state index in [9.17, 15) is 25.0 Å². The number of benzene rings is 2. The molecule has 0 fully saturated rings. The average Bonchev–Trinajstić information content (AvgIpc) is 2.55. The molecule has 10 heteroatoms. The standard InChI is InChI=1S/C14H9Cl2N3O5/c15-12-2-1-8(3-13(12)16)7-17-14(20)9-4-10(18(21)22)6-11(5-9)19(23)24/h1-6H,7H2,(H,17,20). The number of carbonyl (C=O) groups is 1. The van der Waals surface area contributed by atoms with E-state index in [1.807, 2.05) is 0 Å². The van der Waals surface area contributed by atoms with Gasteiger partial charge in [-0.2, -0.15) is 0 Å². The smallest absolute Gasteiger partial charge is 0.277 e. The molecule has 0 saturated carbocycles. The number of hydrogen-bond donors (Lipinski definition) is 1. The van der Waals surface area contributed by atoms with E-state index in [0.717, 1.165) is 18.2 Å². The molecular formula is C14H9Cl2N3O5. The minimum absolute atomic E-state index is 0.0756. The van der Waals surface area contributed by atoms with Crippen LogP contribution < -0.4 is 5.32 Å². The molecule has 1 N–H and O–H groups in total. The van der Waals surface area contributed by atoms with Crippen LogP contribution in [0.5, 0.6) is 0 Å². The Balaban J connectivity index is 2.20. The minimum Gasteiger partial charge on any atom is -0.348 e. The van der Waals surface area contributed by atoms with Crippen LogP contribution in [0.3, 0.4) is 0 Å². The predicted molar refractivity (Wildman–Crippen MR) is 87.4 cm³/mol. The molecule has 124 valence electrons. The number of non-ortho nitro benzene ring substituents is 2. The van der Waals surface area contributed by atoms with Crippen molar-refractivity contribution in [2.24, 2.45) is 0 Å². The highest BCUT2D eigenvalue weighted by Gasteiger charge is 2.19. The Morgan fingerprint density at radius 1 is 0.958 bits per heavy atom. The molecule has 0 aliphatic rings. The molecule has 0 heterocycles. The maximum absolute atomic E-state index is 12.1. The van der Waals surface area contributed by atoms with Gasteiger partial charge in [0.1, 0.15) is 0 Å². The Morgan fingerprint density at radius 2 is 1.54 bits per heavy atom. The third-order valence-electron chi connectivity index (χ3n) is 3.02. The van der Waals surface area contributed by atoms with Crippen LogP contribution in [0, 0.1) is 20.2 Å². The molecule has 2 aromatic carbocycles. The molecule has 0 aromatic heterocycles. The first-order chi connectivity index (χ1) is 11.3. The van der Waals surface area contributed by atoms with Crippen LogP contribution in [0.1, 0.15) is 15.9 Å². The Kier molecular flexibility index (Phi) is 5.32. The molecule has 0 bridgehead atoms. The fourth-order valence-electron chi connectivity index (χ4n) is 1.87. The fourth-order valence-corrected chi connectivity index (χ4v) is 2.19. The van der Waals surface area contributed by atoms with Crippen LogP contribution in [0.2, 0.25) is 10.0 Å². The first kappa shape index (κ1) is 17.6. The first-order valence-electron chi connectivity index (χ1n) is 6.44. The third-order valence-corrected chi connectivity index (χ3v) is 3.76. The van der Waals surface area contributed by atoms with E-state index in [4.69, 9.17) is 23.2 Å². The summed E-state index contributed by atoms with van der Waals surface area (Å²) >= 11 is 11.6. The molecule has 0 aliphatic heterocycles. The van der Waals surface area contributed by atoms with Crippen LogP contribution in [0.15, 0.2) is 36.4 Å². The van der Waals surface area contributed by atoms with Gasteiger partial charge < -0.3 is 5.32 Å². The molecular weight excluding hydrogens is 361 g/mol. The second-order valence-electron chi connectivity index (χ2n) is 4.68. The second kappa shape index (κ2) is 7.24. The number of nitro groups is 2. The van der Waals surface area contributed by atoms with Gasteiger partial charge in [0, 0.05) is 18.7 Å². The summed E-state index contributed by atoms with van der Waals surface area (Å²) in [5, 5.41) is 24.8. The minimum atomic E-state index is -0.803. The molecule has 1 amide bonds. The number of halogens is 2. The van der Waals surface area contributed by atoms with E-state index in [1.165, 1.54) is 0 Å². The molecule has 0 atom stereocenters. The molecule has 0 radical (unpaired) electrons. The highest BCUT2D eigenvalue weighted by atomic mass is 35.5. The van der Waals surface area contributed by atoms with Crippen molar-refractivity contribution in [3.63, 3.8) is 0 Å². The predicted octanol–water partition coefficient (Wildman–Crippen LogP) is 3.74. The summed E-state index contributed by atoms with van der Waals surface area (Å²) in [4.78, 5) is 32.1. The lowest BCUT2D eigenvalue weighted by Gasteiger charge is -2.06. The van der Waals surface area contributed by atoms with Crippen molar-refractivity contribution in [1.29, 1.82) is 0 Å². The summed E-state index contributed by atoms with van der Waals surface area (Å²) in [6.07, 6.45) is 0. The van der Waals surface area contributed by atoms with Gasteiger partial charge in [0.2, 0.25) is 0 Å². The maximum Gasteiger partial charge on any atom is 0.277 e. The van der Waals surface area contributed by atoms with E-state index >= 15 is 0 Å². The van der Waals surface area contributed by atoms with E-state index in [1.54, 1.807) is 18.2 Å². The van der Waals surface area contributed by atoms with Crippen molar-refractivity contribution in [1.82, 2.24) is 5.32 Å². The van der Waals surface area contributed by atoms with Gasteiger partial charge in [-0.15, -0.1) is 0 Å². The maximum atomic E-state index is 12.1. The van der Waals surface area contributed by atoms with E-state index < -0.39 is 27.1 Å². The van der Waals surface area contributed by atoms with Gasteiger partial charge in [-0.3, -0.25) is 25.0 Å². The summed E-state index contributed by atoms with van der Waals surface area (Å²) in [5.41, 5.74) is -0.610. The number of carbonyl (C=O) groups excluding carboxylic acids is 1. The molecule has 2 aromatic rings. The van der Waals surface area contributed by atoms with Crippen molar-refractivity contribution < 1.29 is 14.6 Å². The lowest BCUT2D eigenvalue weighted by atomic mass is 10.1. The van der Waals surface area contributed by atoms with Crippen molar-refractivity contribution in [3.8, 4) is 0 Å². The number of nitrogens with one attached hydrogen (secondary N) is 1. The highest BCUT2D eigenvalue weighted by Crippen LogP contribution is 2.24. The zero-order valence-corrected chi connectivity index (χ0v) is 13.4. The largest absolute Gasteiger partial charge is 0.348 e. The van der Waals surface area contributed by atoms with Gasteiger partial charge >= 0.3 is 0 Å². The second-order valence-corrected chi connectivity index (χ2v) is 5.50. The average molecular weight is 370 g/mol. The van der Waals surface area contributed by atoms with E-state index in [0.29, 0.717) is 15.6 Å². The van der Waals surface area contributed by atoms with Gasteiger partial charge in [-0.25, -0.2) is 0 Å². The van der Waals surface area contributed by atoms with Gasteiger partial charge in [0.15, 0.2) is 0 Å². The van der Waals surface area contributed by atoms with Crippen LogP contribution >= 0.6 is 23.2 Å². The van der Waals surface area contributed by atoms with Crippen LogP contribution in [0.25, 0.3) is 0 Å². The molecule has 0 aliphatic carbocycles. The molecule has 24 heavy (non-hydrogen) atoms. The van der Waals surface area contributed by atoms with Crippen molar-refractivity contribution in [2.45, 2.75) is 6.54 Å². The quantitative estimate of drug-likeness (QED) is 0.636. The lowest BCUT2D eigenvalue weighted by molar-refractivity contribution is -0.394. The molecule has 0 unspecified atom stereocenters. The van der Waals surface area contributed by atoms with Gasteiger partial charge in [-0.1, -0.05) is 29.3 Å². The SMILES string of the molecule is O=C(NCc1ccc(Cl)c(Cl)c1)c1cc([N+](=O)[O-])cc([N+](=O)[O-])c1. The molecule has 2 rings (SSSR count). The van der Waals surface area contributed by atoms with Crippen LogP contribution in [0.4, 0.5) is 11.4 Å². The summed E-state index contributed by atoms with van der Waals surface area (Å²) < 4.78 is 0. The van der Waals surface area contributed by atoms with Crippen molar-refractivity contribution in [2.75, 3.05) is 0 Å². The number of amides is 1. The Labute approximate surface area is 145 Å². The third kappa shape index (κ3) is 4.18. The normalized spacial score (nSPS) is 10.2. The topological polar surface area (TPSA) is 115 Å². The van der Waals surface area contributed by atoms with E-state index in [-0.39, 0.29) is 12.1 Å². The van der Waals surface area contributed by atoms with Gasteiger partial charge in [0.05, 0.1) is 31.5 Å². The molecule has 0 saturated heterocycles. The summed E-state index contributed by atoms with van der Waals surface area (Å²) in [6.45, 7) is 0.0756. The van der Waals surface area contributed by atoms with Crippen molar-refractivity contribution >= 4 is 40.5 Å². The number of nitro benzene ring substituents is 2. The Hall–Kier alpha value is -2.71. The molecule has 8 nitrogen and oxygen atoms in total. The van der Waals surface area contributed by atoms with Gasteiger partial charge in [-0.05, 0) is 17.7 Å². The van der Waals surface area contributed by atoms with E-state index in [2.05, 4.69) is 5.32 Å². The summed E-state index contributed by atoms with van der Waals surface area (Å²) in [7, 11) is 0. The zero-order valence-electron chi connectivity index (χ0n) is 11.9. The highest BCUT2D eigenvalue weighted by molar-refractivity contribution is 6.42. The number of rotatable bonds is 5. The Bertz CT molecular complexity index is 809. The Morgan fingerprint density at radius 3 is 2.04 bits per heavy atom. The monoisotopic (exact) mass is 369 g/mol. The van der Waals surface area contributed by atoms with Crippen LogP contribution in [-0.4, -0.2) is 15.8 Å². The number of hydrogen-bond acceptors (Lipinski definition) is 5. The fraction of sp³-hybridized carbons (Fsp3) is 0.0714. The van der Waals surface area contributed by atoms with Crippen LogP contribution in [-0.2, 0) is 6.54 Å². The van der Waals surface area contributed by atoms with Crippen molar-refractivity contribution in [3.05, 3.63) is 77.8 Å². The molecule has 0 spiro atoms. The first-order valence-corrected chi connectivity index (χ1v) is 7.19. The van der Waals surface area contributed by atoms with Gasteiger partial charge in [0.25, 0.3) is 17.3 Å². The zero-order chi connectivity index (χ0) is 17.9. The number of nitrogens with zero attached hydrogens (tertiary/aromatic N) is 2.